The van der Waals surface area contributed by atoms with Gasteiger partial charge in [-0.05, 0) is 48.6 Å². The molecular formula is C32H41N3O5S. The van der Waals surface area contributed by atoms with Gasteiger partial charge in [-0.15, -0.1) is 0 Å². The lowest BCUT2D eigenvalue weighted by Crippen LogP contribution is -2.53. The molecule has 3 aromatic carbocycles. The lowest BCUT2D eigenvalue weighted by atomic mass is 10.0. The Morgan fingerprint density at radius 2 is 1.56 bits per heavy atom. The van der Waals surface area contributed by atoms with Crippen molar-refractivity contribution in [3.8, 4) is 5.75 Å². The largest absolute Gasteiger partial charge is 0.492 e. The summed E-state index contributed by atoms with van der Waals surface area (Å²) in [6, 6.07) is 23.0. The van der Waals surface area contributed by atoms with Gasteiger partial charge in [-0.3, -0.25) is 13.9 Å². The van der Waals surface area contributed by atoms with Crippen molar-refractivity contribution in [1.29, 1.82) is 0 Å². The topological polar surface area (TPSA) is 96.0 Å². The second-order valence-corrected chi connectivity index (χ2v) is 12.4. The van der Waals surface area contributed by atoms with Crippen LogP contribution in [0.1, 0.15) is 37.5 Å². The van der Waals surface area contributed by atoms with Crippen LogP contribution in [-0.4, -0.2) is 57.1 Å². The predicted octanol–water partition coefficient (Wildman–Crippen LogP) is 4.57. The second kappa shape index (κ2) is 14.7. The fourth-order valence-electron chi connectivity index (χ4n) is 4.48. The summed E-state index contributed by atoms with van der Waals surface area (Å²) in [6.07, 6.45) is 1.34. The van der Waals surface area contributed by atoms with Gasteiger partial charge in [0.05, 0.1) is 18.6 Å². The van der Waals surface area contributed by atoms with Crippen LogP contribution in [-0.2, 0) is 32.6 Å². The van der Waals surface area contributed by atoms with Gasteiger partial charge in [0.1, 0.15) is 18.3 Å². The molecule has 0 saturated heterocycles. The lowest BCUT2D eigenvalue weighted by Gasteiger charge is -2.34. The van der Waals surface area contributed by atoms with Gasteiger partial charge in [0.25, 0.3) is 0 Å². The first kappa shape index (κ1) is 31.7. The molecule has 3 rings (SSSR count). The summed E-state index contributed by atoms with van der Waals surface area (Å²) < 4.78 is 32.8. The summed E-state index contributed by atoms with van der Waals surface area (Å²) >= 11 is 0. The number of hydrogen-bond donors (Lipinski definition) is 1. The van der Waals surface area contributed by atoms with Gasteiger partial charge >= 0.3 is 0 Å². The number of hydrogen-bond acceptors (Lipinski definition) is 5. The van der Waals surface area contributed by atoms with Crippen molar-refractivity contribution < 1.29 is 22.7 Å². The lowest BCUT2D eigenvalue weighted by molar-refractivity contribution is -0.140. The fraction of sp³-hybridized carbons (Fsp3) is 0.375. The van der Waals surface area contributed by atoms with Crippen molar-refractivity contribution in [3.63, 3.8) is 0 Å². The number of nitrogens with one attached hydrogen (secondary N) is 1. The van der Waals surface area contributed by atoms with E-state index in [-0.39, 0.29) is 30.5 Å². The number of sulfonamides is 1. The van der Waals surface area contributed by atoms with Crippen LogP contribution in [0.5, 0.6) is 5.75 Å². The van der Waals surface area contributed by atoms with E-state index in [1.807, 2.05) is 75.4 Å². The fourth-order valence-corrected chi connectivity index (χ4v) is 5.34. The molecular weight excluding hydrogens is 538 g/mol. The molecule has 1 unspecified atom stereocenters. The van der Waals surface area contributed by atoms with Crippen LogP contribution in [0.25, 0.3) is 0 Å². The van der Waals surface area contributed by atoms with Gasteiger partial charge in [-0.1, -0.05) is 80.6 Å². The number of carbonyl (C=O) groups is 2. The summed E-state index contributed by atoms with van der Waals surface area (Å²) in [5.41, 5.74) is 3.00. The van der Waals surface area contributed by atoms with Crippen molar-refractivity contribution >= 4 is 27.5 Å². The number of aryl methyl sites for hydroxylation is 1. The van der Waals surface area contributed by atoms with Gasteiger partial charge in [0.2, 0.25) is 21.8 Å². The Morgan fingerprint density at radius 1 is 0.927 bits per heavy atom. The maximum atomic E-state index is 14.2. The molecule has 0 aromatic heterocycles. The van der Waals surface area contributed by atoms with E-state index in [9.17, 15) is 18.0 Å². The molecule has 0 aliphatic heterocycles. The minimum absolute atomic E-state index is 0.142. The Labute approximate surface area is 244 Å². The van der Waals surface area contributed by atoms with Gasteiger partial charge in [-0.25, -0.2) is 8.42 Å². The minimum atomic E-state index is -3.89. The minimum Gasteiger partial charge on any atom is -0.492 e. The van der Waals surface area contributed by atoms with Crippen molar-refractivity contribution in [2.45, 2.75) is 46.7 Å². The van der Waals surface area contributed by atoms with Gasteiger partial charge in [0.15, 0.2) is 0 Å². The third-order valence-electron chi connectivity index (χ3n) is 6.67. The first-order chi connectivity index (χ1) is 19.5. The number of benzene rings is 3. The molecule has 9 heteroatoms. The Kier molecular flexibility index (Phi) is 11.3. The van der Waals surface area contributed by atoms with Crippen LogP contribution in [0.2, 0.25) is 0 Å². The zero-order valence-corrected chi connectivity index (χ0v) is 25.4. The number of anilines is 1. The third kappa shape index (κ3) is 9.08. The average molecular weight is 580 g/mol. The summed E-state index contributed by atoms with van der Waals surface area (Å²) in [6.45, 7) is 8.20. The SMILES string of the molecule is CCOc1ccccc1N(CC(=O)N(Cc1ccccc1C)C(Cc1ccccc1)C(=O)NCC(C)C)S(C)(=O)=O. The molecule has 0 fully saturated rings. The molecule has 8 nitrogen and oxygen atoms in total. The molecule has 41 heavy (non-hydrogen) atoms. The van der Waals surface area contributed by atoms with E-state index < -0.39 is 28.5 Å². The quantitative estimate of drug-likeness (QED) is 0.302. The summed E-state index contributed by atoms with van der Waals surface area (Å²) in [7, 11) is -3.89. The van der Waals surface area contributed by atoms with Crippen molar-refractivity contribution in [1.82, 2.24) is 10.2 Å². The van der Waals surface area contributed by atoms with Crippen LogP contribution in [0, 0.1) is 12.8 Å². The molecule has 0 bridgehead atoms. The molecule has 220 valence electrons. The van der Waals surface area contributed by atoms with Crippen LogP contribution < -0.4 is 14.4 Å². The molecule has 1 N–H and O–H groups in total. The zero-order valence-electron chi connectivity index (χ0n) is 24.5. The van der Waals surface area contributed by atoms with Gasteiger partial charge < -0.3 is 15.0 Å². The van der Waals surface area contributed by atoms with E-state index in [0.29, 0.717) is 18.9 Å². The Morgan fingerprint density at radius 3 is 2.20 bits per heavy atom. The Balaban J connectivity index is 2.08. The second-order valence-electron chi connectivity index (χ2n) is 10.5. The molecule has 0 heterocycles. The van der Waals surface area contributed by atoms with Crippen LogP contribution in [0.3, 0.4) is 0 Å². The van der Waals surface area contributed by atoms with Crippen LogP contribution in [0.4, 0.5) is 5.69 Å². The number of amides is 2. The highest BCUT2D eigenvalue weighted by Gasteiger charge is 2.34. The standard InChI is InChI=1S/C32H41N3O5S/c1-6-40-30-19-13-12-18-28(30)35(41(5,38)39)23-31(36)34(22-27-17-11-10-14-25(27)4)29(32(37)33-21-24(2)3)20-26-15-8-7-9-16-26/h7-19,24,29H,6,20-23H2,1-5H3,(H,33,37). The van der Waals surface area contributed by atoms with E-state index in [1.54, 1.807) is 31.2 Å². The van der Waals surface area contributed by atoms with Crippen molar-refractivity contribution in [2.75, 3.05) is 30.3 Å². The highest BCUT2D eigenvalue weighted by atomic mass is 32.2. The first-order valence-corrected chi connectivity index (χ1v) is 15.7. The van der Waals surface area contributed by atoms with E-state index in [2.05, 4.69) is 5.32 Å². The highest BCUT2D eigenvalue weighted by molar-refractivity contribution is 7.92. The Hall–Kier alpha value is -3.85. The monoisotopic (exact) mass is 579 g/mol. The van der Waals surface area contributed by atoms with Crippen LogP contribution in [0.15, 0.2) is 78.9 Å². The van der Waals surface area contributed by atoms with E-state index >= 15 is 0 Å². The first-order valence-electron chi connectivity index (χ1n) is 13.9. The third-order valence-corrected chi connectivity index (χ3v) is 7.80. The molecule has 0 saturated carbocycles. The molecule has 0 aliphatic rings. The number of nitrogens with zero attached hydrogens (tertiary/aromatic N) is 2. The molecule has 0 radical (unpaired) electrons. The maximum absolute atomic E-state index is 14.2. The number of para-hydroxylation sites is 2. The number of rotatable bonds is 14. The Bertz CT molecular complexity index is 1410. The average Bonchev–Trinajstić information content (AvgIpc) is 2.93. The summed E-state index contributed by atoms with van der Waals surface area (Å²) in [5, 5.41) is 2.99. The summed E-state index contributed by atoms with van der Waals surface area (Å²) in [4.78, 5) is 29.4. The van der Waals surface area contributed by atoms with Crippen molar-refractivity contribution in [3.05, 3.63) is 95.6 Å². The molecule has 0 aliphatic carbocycles. The molecule has 3 aromatic rings. The van der Waals surface area contributed by atoms with E-state index in [4.69, 9.17) is 4.74 Å². The van der Waals surface area contributed by atoms with Crippen LogP contribution >= 0.6 is 0 Å². The van der Waals surface area contributed by atoms with E-state index in [0.717, 1.165) is 27.3 Å². The maximum Gasteiger partial charge on any atom is 0.244 e. The number of ether oxygens (including phenoxy) is 1. The molecule has 2 amide bonds. The molecule has 1 atom stereocenters. The number of carbonyl (C=O) groups excluding carboxylic acids is 2. The normalized spacial score (nSPS) is 12.0. The summed E-state index contributed by atoms with van der Waals surface area (Å²) in [5.74, 6) is -0.211. The van der Waals surface area contributed by atoms with E-state index in [1.165, 1.54) is 4.90 Å². The predicted molar refractivity (Wildman–Crippen MR) is 163 cm³/mol. The zero-order chi connectivity index (χ0) is 30.0. The molecule has 0 spiro atoms. The van der Waals surface area contributed by atoms with Gasteiger partial charge in [-0.2, -0.15) is 0 Å². The smallest absolute Gasteiger partial charge is 0.244 e. The van der Waals surface area contributed by atoms with Crippen molar-refractivity contribution in [2.24, 2.45) is 5.92 Å². The van der Waals surface area contributed by atoms with Gasteiger partial charge in [0, 0.05) is 19.5 Å². The highest BCUT2D eigenvalue weighted by Crippen LogP contribution is 2.30.